The van der Waals surface area contributed by atoms with E-state index in [9.17, 15) is 14.4 Å². The number of benzene rings is 2. The third-order valence-corrected chi connectivity index (χ3v) is 7.57. The lowest BCUT2D eigenvalue weighted by atomic mass is 9.73. The highest BCUT2D eigenvalue weighted by atomic mass is 35.5. The number of amides is 1. The van der Waals surface area contributed by atoms with Crippen LogP contribution >= 0.6 is 23.2 Å². The number of hydrogen-bond donors (Lipinski definition) is 1. The molecule has 0 bridgehead atoms. The summed E-state index contributed by atoms with van der Waals surface area (Å²) in [5.74, 6) is 0.494. The van der Waals surface area contributed by atoms with Crippen molar-refractivity contribution in [3.8, 4) is 5.75 Å². The van der Waals surface area contributed by atoms with Crippen LogP contribution in [0.5, 0.6) is 5.75 Å². The van der Waals surface area contributed by atoms with Gasteiger partial charge < -0.3 is 14.8 Å². The van der Waals surface area contributed by atoms with Gasteiger partial charge >= 0.3 is 0 Å². The summed E-state index contributed by atoms with van der Waals surface area (Å²) in [6.45, 7) is 3.57. The summed E-state index contributed by atoms with van der Waals surface area (Å²) in [6.07, 6.45) is 3.57. The summed E-state index contributed by atoms with van der Waals surface area (Å²) in [5, 5.41) is 3.24. The highest BCUT2D eigenvalue weighted by Gasteiger charge is 2.42. The largest absolute Gasteiger partial charge is 0.481 e. The van der Waals surface area contributed by atoms with E-state index in [2.05, 4.69) is 5.32 Å². The van der Waals surface area contributed by atoms with E-state index in [-0.39, 0.29) is 39.9 Å². The molecule has 1 N–H and O–H groups in total. The summed E-state index contributed by atoms with van der Waals surface area (Å²) in [7, 11) is 0. The molecule has 1 amide bonds. The maximum absolute atomic E-state index is 13.0. The number of allylic oxidation sites excluding steroid dienone is 4. The first-order chi connectivity index (χ1) is 17.7. The molecule has 0 aromatic heterocycles. The standard InChI is InChI=1S/C29H27Cl2NO5/c1-15-9-10-16(2)20(11-15)32-25(35)14-36-29-18(30)12-17(13-19(29)31)26-27-21(33)5-3-7-23(27)37-24-8-4-6-22(34)28(24)26/h9-13,26H,3-8,14H2,1-2H3,(H,32,35). The molecule has 6 nitrogen and oxygen atoms in total. The fraction of sp³-hybridized carbons (Fsp3) is 0.345. The van der Waals surface area contributed by atoms with E-state index in [0.717, 1.165) is 24.0 Å². The molecular formula is C29H27Cl2NO5. The van der Waals surface area contributed by atoms with Gasteiger partial charge in [0.1, 0.15) is 11.5 Å². The molecule has 0 fully saturated rings. The zero-order valence-corrected chi connectivity index (χ0v) is 22.2. The molecule has 0 saturated heterocycles. The van der Waals surface area contributed by atoms with Gasteiger partial charge in [-0.3, -0.25) is 14.4 Å². The monoisotopic (exact) mass is 539 g/mol. The van der Waals surface area contributed by atoms with Crippen LogP contribution in [0.2, 0.25) is 10.0 Å². The predicted octanol–water partition coefficient (Wildman–Crippen LogP) is 6.76. The lowest BCUT2D eigenvalue weighted by molar-refractivity contribution is -0.119. The van der Waals surface area contributed by atoms with Gasteiger partial charge in [-0.1, -0.05) is 35.3 Å². The van der Waals surface area contributed by atoms with Gasteiger partial charge in [-0.2, -0.15) is 0 Å². The Morgan fingerprint density at radius 3 is 2.14 bits per heavy atom. The van der Waals surface area contributed by atoms with E-state index < -0.39 is 5.92 Å². The average Bonchev–Trinajstić information content (AvgIpc) is 2.85. The van der Waals surface area contributed by atoms with Gasteiger partial charge in [0.2, 0.25) is 0 Å². The molecule has 1 aliphatic heterocycles. The number of ketones is 2. The van der Waals surface area contributed by atoms with Gasteiger partial charge in [0.15, 0.2) is 23.9 Å². The summed E-state index contributed by atoms with van der Waals surface area (Å²) in [5.41, 5.74) is 4.36. The Kier molecular flexibility index (Phi) is 7.15. The first-order valence-corrected chi connectivity index (χ1v) is 13.2. The number of halogens is 2. The van der Waals surface area contributed by atoms with Crippen LogP contribution in [0.15, 0.2) is 53.0 Å². The molecule has 0 spiro atoms. The minimum absolute atomic E-state index is 0.0214. The van der Waals surface area contributed by atoms with Crippen molar-refractivity contribution >= 4 is 46.4 Å². The van der Waals surface area contributed by atoms with Crippen molar-refractivity contribution in [3.05, 3.63) is 79.7 Å². The van der Waals surface area contributed by atoms with Crippen LogP contribution in [-0.2, 0) is 19.1 Å². The highest BCUT2D eigenvalue weighted by molar-refractivity contribution is 6.37. The van der Waals surface area contributed by atoms with Gasteiger partial charge in [-0.25, -0.2) is 0 Å². The predicted molar refractivity (Wildman–Crippen MR) is 142 cm³/mol. The van der Waals surface area contributed by atoms with Crippen molar-refractivity contribution in [1.29, 1.82) is 0 Å². The van der Waals surface area contributed by atoms with Gasteiger partial charge in [0.05, 0.1) is 10.0 Å². The summed E-state index contributed by atoms with van der Waals surface area (Å²) < 4.78 is 11.8. The van der Waals surface area contributed by atoms with E-state index in [4.69, 9.17) is 32.7 Å². The SMILES string of the molecule is Cc1ccc(C)c(NC(=O)COc2c(Cl)cc(C3C4=C(CCCC4=O)OC4=C3C(=O)CCC4)cc2Cl)c1. The Morgan fingerprint density at radius 2 is 1.54 bits per heavy atom. The van der Waals surface area contributed by atoms with Crippen LogP contribution in [0.3, 0.4) is 0 Å². The van der Waals surface area contributed by atoms with Crippen molar-refractivity contribution < 1.29 is 23.9 Å². The second-order valence-electron chi connectivity index (χ2n) is 9.73. The van der Waals surface area contributed by atoms with E-state index in [0.29, 0.717) is 59.6 Å². The van der Waals surface area contributed by atoms with E-state index in [1.54, 1.807) is 12.1 Å². The van der Waals surface area contributed by atoms with Crippen molar-refractivity contribution in [2.24, 2.45) is 0 Å². The Labute approximate surface area is 225 Å². The number of anilines is 1. The van der Waals surface area contributed by atoms with Gasteiger partial charge in [-0.15, -0.1) is 0 Å². The summed E-state index contributed by atoms with van der Waals surface area (Å²) in [6, 6.07) is 9.13. The summed E-state index contributed by atoms with van der Waals surface area (Å²) in [4.78, 5) is 38.5. The number of rotatable bonds is 5. The van der Waals surface area contributed by atoms with Crippen LogP contribution in [0, 0.1) is 13.8 Å². The quantitative estimate of drug-likeness (QED) is 0.454. The molecule has 2 aliphatic carbocycles. The maximum atomic E-state index is 13.0. The molecule has 0 unspecified atom stereocenters. The first kappa shape index (κ1) is 25.6. The van der Waals surface area contributed by atoms with Gasteiger partial charge in [0, 0.05) is 48.4 Å². The number of hydrogen-bond acceptors (Lipinski definition) is 5. The van der Waals surface area contributed by atoms with Crippen molar-refractivity contribution in [3.63, 3.8) is 0 Å². The molecule has 0 saturated carbocycles. The average molecular weight is 540 g/mol. The number of aryl methyl sites for hydroxylation is 2. The van der Waals surface area contributed by atoms with Crippen LogP contribution in [0.4, 0.5) is 5.69 Å². The number of nitrogens with one attached hydrogen (secondary N) is 1. The fourth-order valence-electron chi connectivity index (χ4n) is 5.23. The highest BCUT2D eigenvalue weighted by Crippen LogP contribution is 2.49. The zero-order chi connectivity index (χ0) is 26.3. The Bertz CT molecular complexity index is 1330. The normalized spacial score (nSPS) is 17.8. The van der Waals surface area contributed by atoms with Crippen LogP contribution in [0.25, 0.3) is 0 Å². The third-order valence-electron chi connectivity index (χ3n) is 7.01. The van der Waals surface area contributed by atoms with Crippen molar-refractivity contribution in [2.45, 2.75) is 58.3 Å². The zero-order valence-electron chi connectivity index (χ0n) is 20.7. The van der Waals surface area contributed by atoms with Crippen LogP contribution in [0.1, 0.15) is 61.1 Å². The number of Topliss-reactive ketones (excluding diaryl/α,β-unsaturated/α-hetero) is 2. The van der Waals surface area contributed by atoms with E-state index in [1.807, 2.05) is 32.0 Å². The number of carbonyl (C=O) groups excluding carboxylic acids is 3. The summed E-state index contributed by atoms with van der Waals surface area (Å²) >= 11 is 13.2. The minimum atomic E-state index is -0.573. The molecule has 0 atom stereocenters. The maximum Gasteiger partial charge on any atom is 0.262 e. The number of ether oxygens (including phenoxy) is 2. The molecule has 1 heterocycles. The van der Waals surface area contributed by atoms with E-state index in [1.165, 1.54) is 0 Å². The van der Waals surface area contributed by atoms with Gasteiger partial charge in [0.25, 0.3) is 5.91 Å². The number of carbonyl (C=O) groups is 3. The Morgan fingerprint density at radius 1 is 0.946 bits per heavy atom. The smallest absolute Gasteiger partial charge is 0.262 e. The molecule has 2 aromatic rings. The lowest BCUT2D eigenvalue weighted by Gasteiger charge is -2.36. The van der Waals surface area contributed by atoms with E-state index >= 15 is 0 Å². The second-order valence-corrected chi connectivity index (χ2v) is 10.5. The molecule has 0 radical (unpaired) electrons. The molecule has 3 aliphatic rings. The molecule has 37 heavy (non-hydrogen) atoms. The molecule has 192 valence electrons. The lowest BCUT2D eigenvalue weighted by Crippen LogP contribution is -2.30. The first-order valence-electron chi connectivity index (χ1n) is 12.4. The molecule has 5 rings (SSSR count). The van der Waals surface area contributed by atoms with Crippen LogP contribution < -0.4 is 10.1 Å². The fourth-order valence-corrected chi connectivity index (χ4v) is 5.84. The topological polar surface area (TPSA) is 81.7 Å². The minimum Gasteiger partial charge on any atom is -0.481 e. The second kappa shape index (κ2) is 10.3. The van der Waals surface area contributed by atoms with Crippen LogP contribution in [-0.4, -0.2) is 24.1 Å². The molecule has 8 heteroatoms. The molecule has 2 aromatic carbocycles. The molecular weight excluding hydrogens is 513 g/mol. The van der Waals surface area contributed by atoms with Crippen molar-refractivity contribution in [2.75, 3.05) is 11.9 Å². The van der Waals surface area contributed by atoms with Crippen molar-refractivity contribution in [1.82, 2.24) is 0 Å². The van der Waals surface area contributed by atoms with Gasteiger partial charge in [-0.05, 0) is 61.6 Å². The Hall–Kier alpha value is -3.09. The Balaban J connectivity index is 1.42. The third kappa shape index (κ3) is 5.05.